The first-order chi connectivity index (χ1) is 4.56. The molecule has 0 aromatic heterocycles. The SMILES string of the molecule is CCC(C)(CCF)C(=O)O. The molecule has 1 unspecified atom stereocenters. The van der Waals surface area contributed by atoms with Crippen LogP contribution in [0.2, 0.25) is 0 Å². The number of carboxylic acid groups (broad SMARTS) is 1. The third-order valence-corrected chi connectivity index (χ3v) is 1.94. The maximum atomic E-state index is 11.8. The second kappa shape index (κ2) is 3.54. The summed E-state index contributed by atoms with van der Waals surface area (Å²) in [6, 6.07) is 0. The standard InChI is InChI=1S/C7H13FO2/c1-3-7(2,4-5-8)6(9)10/h3-5H2,1-2H3,(H,9,10). The van der Waals surface area contributed by atoms with Gasteiger partial charge in [-0.15, -0.1) is 0 Å². The van der Waals surface area contributed by atoms with Gasteiger partial charge in [-0.25, -0.2) is 0 Å². The van der Waals surface area contributed by atoms with E-state index < -0.39 is 18.1 Å². The molecule has 0 aromatic carbocycles. The largest absolute Gasteiger partial charge is 0.481 e. The first-order valence-corrected chi connectivity index (χ1v) is 3.36. The van der Waals surface area contributed by atoms with Crippen LogP contribution in [0.15, 0.2) is 0 Å². The van der Waals surface area contributed by atoms with Crippen molar-refractivity contribution in [2.75, 3.05) is 6.67 Å². The van der Waals surface area contributed by atoms with Gasteiger partial charge in [-0.3, -0.25) is 9.18 Å². The van der Waals surface area contributed by atoms with Crippen LogP contribution in [0.5, 0.6) is 0 Å². The fraction of sp³-hybridized carbons (Fsp3) is 0.857. The molecule has 2 nitrogen and oxygen atoms in total. The molecule has 0 saturated heterocycles. The first kappa shape index (κ1) is 9.40. The molecule has 0 spiro atoms. The van der Waals surface area contributed by atoms with Crippen molar-refractivity contribution in [2.24, 2.45) is 5.41 Å². The van der Waals surface area contributed by atoms with E-state index in [1.54, 1.807) is 13.8 Å². The number of hydrogen-bond donors (Lipinski definition) is 1. The number of carboxylic acids is 1. The number of hydrogen-bond acceptors (Lipinski definition) is 1. The lowest BCUT2D eigenvalue weighted by Crippen LogP contribution is -2.27. The van der Waals surface area contributed by atoms with Gasteiger partial charge in [0.2, 0.25) is 0 Å². The van der Waals surface area contributed by atoms with E-state index >= 15 is 0 Å². The molecule has 3 heteroatoms. The van der Waals surface area contributed by atoms with Crippen molar-refractivity contribution in [3.8, 4) is 0 Å². The van der Waals surface area contributed by atoms with Gasteiger partial charge in [0.25, 0.3) is 0 Å². The van der Waals surface area contributed by atoms with Gasteiger partial charge in [-0.05, 0) is 19.8 Å². The van der Waals surface area contributed by atoms with E-state index in [1.165, 1.54) is 0 Å². The van der Waals surface area contributed by atoms with Crippen LogP contribution in [0.4, 0.5) is 4.39 Å². The third kappa shape index (κ3) is 1.97. The van der Waals surface area contributed by atoms with Crippen molar-refractivity contribution in [3.05, 3.63) is 0 Å². The summed E-state index contributed by atoms with van der Waals surface area (Å²) < 4.78 is 11.8. The highest BCUT2D eigenvalue weighted by molar-refractivity contribution is 5.73. The Morgan fingerprint density at radius 3 is 2.30 bits per heavy atom. The second-order valence-electron chi connectivity index (χ2n) is 2.66. The van der Waals surface area contributed by atoms with Crippen LogP contribution < -0.4 is 0 Å². The zero-order valence-corrected chi connectivity index (χ0v) is 6.35. The maximum Gasteiger partial charge on any atom is 0.309 e. The topological polar surface area (TPSA) is 37.3 Å². The molecule has 0 aromatic rings. The molecule has 0 aliphatic rings. The Kier molecular flexibility index (Phi) is 3.33. The highest BCUT2D eigenvalue weighted by atomic mass is 19.1. The normalized spacial score (nSPS) is 16.3. The van der Waals surface area contributed by atoms with Gasteiger partial charge in [-0.1, -0.05) is 6.92 Å². The van der Waals surface area contributed by atoms with Crippen LogP contribution in [0.3, 0.4) is 0 Å². The highest BCUT2D eigenvalue weighted by Gasteiger charge is 2.30. The molecule has 0 rings (SSSR count). The number of halogens is 1. The quantitative estimate of drug-likeness (QED) is 0.660. The minimum Gasteiger partial charge on any atom is -0.481 e. The zero-order valence-electron chi connectivity index (χ0n) is 6.35. The monoisotopic (exact) mass is 148 g/mol. The van der Waals surface area contributed by atoms with Crippen LogP contribution in [0.25, 0.3) is 0 Å². The van der Waals surface area contributed by atoms with Gasteiger partial charge in [0, 0.05) is 0 Å². The molecule has 0 amide bonds. The van der Waals surface area contributed by atoms with Gasteiger partial charge in [0.05, 0.1) is 12.1 Å². The predicted octanol–water partition coefficient (Wildman–Crippen LogP) is 1.85. The fourth-order valence-electron chi connectivity index (χ4n) is 0.643. The van der Waals surface area contributed by atoms with Crippen molar-refractivity contribution in [2.45, 2.75) is 26.7 Å². The minimum atomic E-state index is -0.910. The number of carbonyl (C=O) groups is 1. The van der Waals surface area contributed by atoms with Crippen LogP contribution in [0, 0.1) is 5.41 Å². The number of rotatable bonds is 4. The molecule has 1 N–H and O–H groups in total. The van der Waals surface area contributed by atoms with Crippen molar-refractivity contribution in [3.63, 3.8) is 0 Å². The van der Waals surface area contributed by atoms with Crippen molar-refractivity contribution in [1.82, 2.24) is 0 Å². The summed E-state index contributed by atoms with van der Waals surface area (Å²) in [5, 5.41) is 8.60. The summed E-state index contributed by atoms with van der Waals surface area (Å²) >= 11 is 0. The van der Waals surface area contributed by atoms with Crippen molar-refractivity contribution < 1.29 is 14.3 Å². The minimum absolute atomic E-state index is 0.110. The summed E-state index contributed by atoms with van der Waals surface area (Å²) in [6.07, 6.45) is 0.588. The van der Waals surface area contributed by atoms with Gasteiger partial charge in [-0.2, -0.15) is 0 Å². The summed E-state index contributed by atoms with van der Waals surface area (Å²) in [7, 11) is 0. The summed E-state index contributed by atoms with van der Waals surface area (Å²) in [6.45, 7) is 2.76. The van der Waals surface area contributed by atoms with Gasteiger partial charge in [0.1, 0.15) is 0 Å². The number of alkyl halides is 1. The van der Waals surface area contributed by atoms with Crippen molar-refractivity contribution in [1.29, 1.82) is 0 Å². The molecule has 0 fully saturated rings. The van der Waals surface area contributed by atoms with Gasteiger partial charge < -0.3 is 5.11 Å². The molecule has 10 heavy (non-hydrogen) atoms. The summed E-state index contributed by atoms with van der Waals surface area (Å²) in [5.41, 5.74) is -0.866. The fourth-order valence-corrected chi connectivity index (χ4v) is 0.643. The van der Waals surface area contributed by atoms with Crippen LogP contribution in [-0.4, -0.2) is 17.8 Å². The lowest BCUT2D eigenvalue weighted by molar-refractivity contribution is -0.148. The van der Waals surface area contributed by atoms with E-state index in [1.807, 2.05) is 0 Å². The Bertz CT molecular complexity index is 125. The Balaban J connectivity index is 4.08. The molecule has 0 saturated carbocycles. The second-order valence-corrected chi connectivity index (χ2v) is 2.66. The highest BCUT2D eigenvalue weighted by Crippen LogP contribution is 2.25. The maximum absolute atomic E-state index is 11.8. The smallest absolute Gasteiger partial charge is 0.309 e. The zero-order chi connectivity index (χ0) is 8.20. The Labute approximate surface area is 60.1 Å². The molecule has 0 heterocycles. The molecular formula is C7H13FO2. The Hall–Kier alpha value is -0.600. The van der Waals surface area contributed by atoms with Crippen LogP contribution in [0.1, 0.15) is 26.7 Å². The predicted molar refractivity (Wildman–Crippen MR) is 36.6 cm³/mol. The molecule has 1 atom stereocenters. The lowest BCUT2D eigenvalue weighted by atomic mass is 9.85. The van der Waals surface area contributed by atoms with E-state index in [9.17, 15) is 9.18 Å². The van der Waals surface area contributed by atoms with E-state index in [-0.39, 0.29) is 6.42 Å². The van der Waals surface area contributed by atoms with Gasteiger partial charge >= 0.3 is 5.97 Å². The molecule has 0 aliphatic heterocycles. The first-order valence-electron chi connectivity index (χ1n) is 3.36. The third-order valence-electron chi connectivity index (χ3n) is 1.94. The average Bonchev–Trinajstić information content (AvgIpc) is 1.88. The van der Waals surface area contributed by atoms with E-state index in [4.69, 9.17) is 5.11 Å². The van der Waals surface area contributed by atoms with E-state index in [0.717, 1.165) is 0 Å². The van der Waals surface area contributed by atoms with Crippen LogP contribution >= 0.6 is 0 Å². The number of aliphatic carboxylic acids is 1. The Morgan fingerprint density at radius 1 is 1.70 bits per heavy atom. The van der Waals surface area contributed by atoms with Crippen LogP contribution in [-0.2, 0) is 4.79 Å². The van der Waals surface area contributed by atoms with Crippen molar-refractivity contribution >= 4 is 5.97 Å². The van der Waals surface area contributed by atoms with Gasteiger partial charge in [0.15, 0.2) is 0 Å². The molecule has 0 radical (unpaired) electrons. The molecular weight excluding hydrogens is 135 g/mol. The van der Waals surface area contributed by atoms with E-state index in [0.29, 0.717) is 6.42 Å². The summed E-state index contributed by atoms with van der Waals surface area (Å²) in [5.74, 6) is -0.910. The Morgan fingerprint density at radius 2 is 2.20 bits per heavy atom. The van der Waals surface area contributed by atoms with E-state index in [2.05, 4.69) is 0 Å². The lowest BCUT2D eigenvalue weighted by Gasteiger charge is -2.20. The molecule has 60 valence electrons. The molecule has 0 aliphatic carbocycles. The average molecular weight is 148 g/mol. The molecule has 0 bridgehead atoms. The summed E-state index contributed by atoms with van der Waals surface area (Å²) in [4.78, 5) is 10.5.